The summed E-state index contributed by atoms with van der Waals surface area (Å²) in [5.74, 6) is 0. The van der Waals surface area contributed by atoms with E-state index >= 15 is 0 Å². The van der Waals surface area contributed by atoms with Gasteiger partial charge in [-0.05, 0) is 69.5 Å². The van der Waals surface area contributed by atoms with E-state index < -0.39 is 0 Å². The lowest BCUT2D eigenvalue weighted by molar-refractivity contribution is 0.222. The quantitative estimate of drug-likeness (QED) is 0.692. The van der Waals surface area contributed by atoms with Crippen molar-refractivity contribution in [2.24, 2.45) is 0 Å². The lowest BCUT2D eigenvalue weighted by Gasteiger charge is -2.32. The first kappa shape index (κ1) is 16.1. The second kappa shape index (κ2) is 5.95. The summed E-state index contributed by atoms with van der Waals surface area (Å²) in [6.45, 7) is 5.38. The van der Waals surface area contributed by atoms with Gasteiger partial charge in [-0.15, -0.1) is 0 Å². The minimum atomic E-state index is 0.606. The van der Waals surface area contributed by atoms with E-state index in [0.717, 1.165) is 24.7 Å². The van der Waals surface area contributed by atoms with E-state index in [1.807, 2.05) is 6.20 Å². The maximum absolute atomic E-state index is 4.47. The van der Waals surface area contributed by atoms with Crippen LogP contribution in [0.3, 0.4) is 0 Å². The molecule has 5 rings (SSSR count). The highest BCUT2D eigenvalue weighted by atomic mass is 15.2. The molecule has 0 N–H and O–H groups in total. The molecule has 0 radical (unpaired) electrons. The molecule has 1 fully saturated rings. The first-order valence-electron chi connectivity index (χ1n) is 9.87. The Kier molecular flexibility index (Phi) is 3.68. The Morgan fingerprint density at radius 1 is 1.15 bits per heavy atom. The molecule has 0 saturated carbocycles. The second-order valence-corrected chi connectivity index (χ2v) is 8.15. The maximum atomic E-state index is 4.47. The topological polar surface area (TPSA) is 21.1 Å². The largest absolute Gasteiger partial charge is 0.344 e. The molecule has 2 aliphatic rings. The molecule has 0 aliphatic carbocycles. The molecule has 4 heterocycles. The number of aryl methyl sites for hydroxylation is 4. The molecular formula is C23H27N3. The highest BCUT2D eigenvalue weighted by molar-refractivity contribution is 5.87. The van der Waals surface area contributed by atoms with E-state index in [4.69, 9.17) is 0 Å². The van der Waals surface area contributed by atoms with E-state index in [-0.39, 0.29) is 0 Å². The van der Waals surface area contributed by atoms with Gasteiger partial charge in [0, 0.05) is 53.5 Å². The molecule has 2 aliphatic heterocycles. The van der Waals surface area contributed by atoms with Crippen molar-refractivity contribution in [2.75, 3.05) is 7.05 Å². The van der Waals surface area contributed by atoms with Crippen LogP contribution in [-0.4, -0.2) is 27.5 Å². The average Bonchev–Trinajstić information content (AvgIpc) is 3.04. The van der Waals surface area contributed by atoms with E-state index in [2.05, 4.69) is 65.7 Å². The predicted molar refractivity (Wildman–Crippen MR) is 107 cm³/mol. The van der Waals surface area contributed by atoms with Gasteiger partial charge in [-0.25, -0.2) is 0 Å². The summed E-state index contributed by atoms with van der Waals surface area (Å²) < 4.78 is 2.62. The highest BCUT2D eigenvalue weighted by Gasteiger charge is 2.40. The van der Waals surface area contributed by atoms with Gasteiger partial charge in [0.05, 0.1) is 0 Å². The molecule has 26 heavy (non-hydrogen) atoms. The summed E-state index contributed by atoms with van der Waals surface area (Å²) in [6.07, 6.45) is 6.78. The van der Waals surface area contributed by atoms with Crippen LogP contribution in [0.1, 0.15) is 47.0 Å². The molecule has 0 amide bonds. The number of pyridine rings is 1. The Morgan fingerprint density at radius 3 is 2.88 bits per heavy atom. The summed E-state index contributed by atoms with van der Waals surface area (Å²) >= 11 is 0. The van der Waals surface area contributed by atoms with Crippen LogP contribution < -0.4 is 0 Å². The third-order valence-corrected chi connectivity index (χ3v) is 6.69. The zero-order chi connectivity index (χ0) is 17.8. The van der Waals surface area contributed by atoms with E-state index in [9.17, 15) is 0 Å². The summed E-state index contributed by atoms with van der Waals surface area (Å²) in [5.41, 5.74) is 8.52. The van der Waals surface area contributed by atoms with E-state index in [1.54, 1.807) is 11.3 Å². The molecule has 2 atom stereocenters. The fourth-order valence-electron chi connectivity index (χ4n) is 5.24. The molecule has 1 aromatic carbocycles. The van der Waals surface area contributed by atoms with Crippen molar-refractivity contribution in [1.29, 1.82) is 0 Å². The number of nitrogens with zero attached hydrogens (tertiary/aromatic N) is 3. The molecule has 2 aromatic heterocycles. The number of aromatic nitrogens is 2. The fraction of sp³-hybridized carbons (Fsp3) is 0.435. The Labute approximate surface area is 155 Å². The Balaban J connectivity index is 1.62. The minimum Gasteiger partial charge on any atom is -0.344 e. The monoisotopic (exact) mass is 345 g/mol. The molecule has 0 unspecified atom stereocenters. The van der Waals surface area contributed by atoms with Crippen LogP contribution in [0, 0.1) is 13.8 Å². The van der Waals surface area contributed by atoms with Crippen molar-refractivity contribution in [3.05, 3.63) is 64.6 Å². The van der Waals surface area contributed by atoms with Gasteiger partial charge in [0.15, 0.2) is 0 Å². The SMILES string of the molecule is Cc1ccc2c(c1)c1c(n2CCc2cccnc2C)C[C@H]2CC[C@@H]1N2C. The number of likely N-dealkylation sites (N-methyl/N-ethyl adjacent to an activating group) is 1. The minimum absolute atomic E-state index is 0.606. The lowest BCUT2D eigenvalue weighted by atomic mass is 9.97. The van der Waals surface area contributed by atoms with Crippen molar-refractivity contribution >= 4 is 10.9 Å². The number of hydrogen-bond acceptors (Lipinski definition) is 2. The molecular weight excluding hydrogens is 318 g/mol. The maximum Gasteiger partial charge on any atom is 0.0486 e. The molecule has 1 saturated heterocycles. The van der Waals surface area contributed by atoms with Gasteiger partial charge in [-0.1, -0.05) is 17.7 Å². The van der Waals surface area contributed by atoms with Crippen LogP contribution >= 0.6 is 0 Å². The van der Waals surface area contributed by atoms with Gasteiger partial charge in [0.2, 0.25) is 0 Å². The zero-order valence-electron chi connectivity index (χ0n) is 16.0. The zero-order valence-corrected chi connectivity index (χ0v) is 16.0. The third-order valence-electron chi connectivity index (χ3n) is 6.69. The normalized spacial score (nSPS) is 22.1. The Hall–Kier alpha value is -2.13. The molecule has 2 bridgehead atoms. The van der Waals surface area contributed by atoms with Crippen molar-refractivity contribution in [3.8, 4) is 0 Å². The van der Waals surface area contributed by atoms with Gasteiger partial charge < -0.3 is 4.57 Å². The summed E-state index contributed by atoms with van der Waals surface area (Å²) in [5, 5.41) is 1.49. The van der Waals surface area contributed by atoms with Crippen LogP contribution in [-0.2, 0) is 19.4 Å². The molecule has 0 spiro atoms. The van der Waals surface area contributed by atoms with Crippen LogP contribution in [0.5, 0.6) is 0 Å². The van der Waals surface area contributed by atoms with Gasteiger partial charge in [-0.2, -0.15) is 0 Å². The van der Waals surface area contributed by atoms with Crippen LogP contribution in [0.2, 0.25) is 0 Å². The molecule has 3 aromatic rings. The lowest BCUT2D eigenvalue weighted by Crippen LogP contribution is -2.34. The number of benzene rings is 1. The average molecular weight is 345 g/mol. The van der Waals surface area contributed by atoms with Gasteiger partial charge in [0.1, 0.15) is 0 Å². The Morgan fingerprint density at radius 2 is 2.04 bits per heavy atom. The smallest absolute Gasteiger partial charge is 0.0486 e. The molecule has 3 nitrogen and oxygen atoms in total. The number of hydrogen-bond donors (Lipinski definition) is 0. The Bertz CT molecular complexity index is 985. The van der Waals surface area contributed by atoms with Crippen LogP contribution in [0.15, 0.2) is 36.5 Å². The number of fused-ring (bicyclic) bond motifs is 6. The number of rotatable bonds is 3. The predicted octanol–water partition coefficient (Wildman–Crippen LogP) is 4.59. The van der Waals surface area contributed by atoms with Crippen molar-refractivity contribution < 1.29 is 0 Å². The van der Waals surface area contributed by atoms with E-state index in [1.165, 1.54) is 41.3 Å². The summed E-state index contributed by atoms with van der Waals surface area (Å²) in [7, 11) is 2.32. The summed E-state index contributed by atoms with van der Waals surface area (Å²) in [6, 6.07) is 12.6. The third kappa shape index (κ3) is 2.34. The molecule has 134 valence electrons. The first-order chi connectivity index (χ1) is 12.6. The highest BCUT2D eigenvalue weighted by Crippen LogP contribution is 2.46. The van der Waals surface area contributed by atoms with Gasteiger partial charge in [0.25, 0.3) is 0 Å². The van der Waals surface area contributed by atoms with Crippen molar-refractivity contribution in [2.45, 2.75) is 58.2 Å². The van der Waals surface area contributed by atoms with Crippen LogP contribution in [0.4, 0.5) is 0 Å². The standard InChI is InChI=1S/C23H27N3/c1-15-6-8-20-19(13-15)23-21-9-7-18(25(21)3)14-22(23)26(20)12-10-17-5-4-11-24-16(17)2/h4-6,8,11,13,18,21H,7,9-10,12,14H2,1-3H3/t18-,21+/m1/s1. The summed E-state index contributed by atoms with van der Waals surface area (Å²) in [4.78, 5) is 7.09. The van der Waals surface area contributed by atoms with Gasteiger partial charge >= 0.3 is 0 Å². The van der Waals surface area contributed by atoms with Crippen molar-refractivity contribution in [1.82, 2.24) is 14.5 Å². The molecule has 3 heteroatoms. The van der Waals surface area contributed by atoms with Gasteiger partial charge in [-0.3, -0.25) is 9.88 Å². The van der Waals surface area contributed by atoms with E-state index in [0.29, 0.717) is 6.04 Å². The van der Waals surface area contributed by atoms with Crippen molar-refractivity contribution in [3.63, 3.8) is 0 Å². The van der Waals surface area contributed by atoms with Crippen LogP contribution in [0.25, 0.3) is 10.9 Å². The first-order valence-corrected chi connectivity index (χ1v) is 9.87. The fourth-order valence-corrected chi connectivity index (χ4v) is 5.24. The second-order valence-electron chi connectivity index (χ2n) is 8.15.